The topological polar surface area (TPSA) is 0 Å². The lowest BCUT2D eigenvalue weighted by molar-refractivity contribution is 0.0775. The van der Waals surface area contributed by atoms with Crippen LogP contribution in [0.25, 0.3) is 0 Å². The van der Waals surface area contributed by atoms with Crippen LogP contribution in [-0.2, 0) is 0 Å². The van der Waals surface area contributed by atoms with Gasteiger partial charge >= 0.3 is 0 Å². The molecule has 0 saturated heterocycles. The standard InChI is InChI=1S/C11H20F2/c1-7(2)5-9-10(6-8(3)4)11(9,12)13/h7-10H,5-6H2,1-4H3. The van der Waals surface area contributed by atoms with Gasteiger partial charge in [-0.05, 0) is 24.7 Å². The first-order valence-corrected chi connectivity index (χ1v) is 5.23. The van der Waals surface area contributed by atoms with Crippen LogP contribution in [-0.4, -0.2) is 5.92 Å². The average molecular weight is 190 g/mol. The van der Waals surface area contributed by atoms with E-state index in [0.717, 1.165) is 0 Å². The molecule has 13 heavy (non-hydrogen) atoms. The molecule has 0 amide bonds. The highest BCUT2D eigenvalue weighted by molar-refractivity contribution is 5.05. The lowest BCUT2D eigenvalue weighted by atomic mass is 10.0. The highest BCUT2D eigenvalue weighted by Gasteiger charge is 2.66. The Morgan fingerprint density at radius 3 is 1.46 bits per heavy atom. The number of halogens is 2. The predicted octanol–water partition coefficient (Wildman–Crippen LogP) is 3.96. The van der Waals surface area contributed by atoms with Crippen molar-refractivity contribution in [2.75, 3.05) is 0 Å². The maximum absolute atomic E-state index is 13.2. The predicted molar refractivity (Wildman–Crippen MR) is 50.8 cm³/mol. The van der Waals surface area contributed by atoms with Gasteiger partial charge in [0.15, 0.2) is 0 Å². The highest BCUT2D eigenvalue weighted by Crippen LogP contribution is 2.60. The van der Waals surface area contributed by atoms with E-state index in [-0.39, 0.29) is 11.8 Å². The first-order valence-electron chi connectivity index (χ1n) is 5.23. The van der Waals surface area contributed by atoms with Crippen molar-refractivity contribution < 1.29 is 8.78 Å². The molecule has 0 radical (unpaired) electrons. The minimum Gasteiger partial charge on any atom is -0.206 e. The van der Waals surface area contributed by atoms with Crippen LogP contribution in [0.5, 0.6) is 0 Å². The molecule has 2 heteroatoms. The van der Waals surface area contributed by atoms with E-state index in [9.17, 15) is 8.78 Å². The van der Waals surface area contributed by atoms with E-state index in [1.807, 2.05) is 27.7 Å². The second kappa shape index (κ2) is 3.55. The molecule has 0 bridgehead atoms. The van der Waals surface area contributed by atoms with Gasteiger partial charge in [0.25, 0.3) is 5.92 Å². The summed E-state index contributed by atoms with van der Waals surface area (Å²) in [5, 5.41) is 0. The summed E-state index contributed by atoms with van der Waals surface area (Å²) in [5.74, 6) is -2.21. The van der Waals surface area contributed by atoms with Gasteiger partial charge in [0.2, 0.25) is 0 Å². The molecule has 0 spiro atoms. The average Bonchev–Trinajstić information content (AvgIpc) is 2.36. The Morgan fingerprint density at radius 2 is 1.23 bits per heavy atom. The molecule has 1 aliphatic carbocycles. The minimum absolute atomic E-state index is 0.324. The number of alkyl halides is 2. The molecule has 2 atom stereocenters. The van der Waals surface area contributed by atoms with Gasteiger partial charge in [0, 0.05) is 11.8 Å². The van der Waals surface area contributed by atoms with Crippen LogP contribution in [0.1, 0.15) is 40.5 Å². The molecule has 1 rings (SSSR count). The Morgan fingerprint density at radius 1 is 0.923 bits per heavy atom. The Kier molecular flexibility index (Phi) is 2.98. The smallest absolute Gasteiger partial charge is 0.206 e. The summed E-state index contributed by atoms with van der Waals surface area (Å²) < 4.78 is 26.4. The van der Waals surface area contributed by atoms with Crippen LogP contribution in [0, 0.1) is 23.7 Å². The zero-order valence-corrected chi connectivity index (χ0v) is 8.98. The molecule has 0 aromatic rings. The molecule has 1 saturated carbocycles. The van der Waals surface area contributed by atoms with Crippen molar-refractivity contribution in [3.63, 3.8) is 0 Å². The Hall–Kier alpha value is -0.140. The molecule has 1 fully saturated rings. The van der Waals surface area contributed by atoms with Gasteiger partial charge in [-0.15, -0.1) is 0 Å². The van der Waals surface area contributed by atoms with Gasteiger partial charge in [-0.25, -0.2) is 8.78 Å². The molecule has 0 nitrogen and oxygen atoms in total. The number of rotatable bonds is 4. The molecule has 0 aromatic heterocycles. The van der Waals surface area contributed by atoms with Crippen LogP contribution in [0.2, 0.25) is 0 Å². The van der Waals surface area contributed by atoms with E-state index < -0.39 is 5.92 Å². The largest absolute Gasteiger partial charge is 0.254 e. The normalized spacial score (nSPS) is 31.4. The SMILES string of the molecule is CC(C)CC1C(CC(C)C)C1(F)F. The minimum atomic E-state index is -2.35. The quantitative estimate of drug-likeness (QED) is 0.629. The Labute approximate surface area is 79.7 Å². The van der Waals surface area contributed by atoms with Crippen LogP contribution in [0.4, 0.5) is 8.78 Å². The molecule has 0 heterocycles. The zero-order valence-electron chi connectivity index (χ0n) is 8.98. The summed E-state index contributed by atoms with van der Waals surface area (Å²) in [6.07, 6.45) is 1.37. The van der Waals surface area contributed by atoms with E-state index in [1.165, 1.54) is 0 Å². The van der Waals surface area contributed by atoms with Crippen molar-refractivity contribution in [3.05, 3.63) is 0 Å². The molecular weight excluding hydrogens is 170 g/mol. The summed E-state index contributed by atoms with van der Waals surface area (Å²) in [6, 6.07) is 0. The third-order valence-electron chi connectivity index (χ3n) is 2.82. The lowest BCUT2D eigenvalue weighted by Gasteiger charge is -2.03. The van der Waals surface area contributed by atoms with E-state index >= 15 is 0 Å². The molecule has 1 aliphatic rings. The fourth-order valence-electron chi connectivity index (χ4n) is 2.12. The monoisotopic (exact) mass is 190 g/mol. The van der Waals surface area contributed by atoms with E-state index in [2.05, 4.69) is 0 Å². The van der Waals surface area contributed by atoms with Gasteiger partial charge in [-0.1, -0.05) is 27.7 Å². The first-order chi connectivity index (χ1) is 5.85. The van der Waals surface area contributed by atoms with Crippen LogP contribution >= 0.6 is 0 Å². The van der Waals surface area contributed by atoms with E-state index in [1.54, 1.807) is 0 Å². The molecule has 0 aromatic carbocycles. The fourth-order valence-corrected chi connectivity index (χ4v) is 2.12. The van der Waals surface area contributed by atoms with E-state index in [0.29, 0.717) is 24.7 Å². The van der Waals surface area contributed by atoms with Crippen molar-refractivity contribution in [3.8, 4) is 0 Å². The summed E-state index contributed by atoms with van der Waals surface area (Å²) in [5.41, 5.74) is 0. The van der Waals surface area contributed by atoms with Crippen molar-refractivity contribution in [2.45, 2.75) is 46.5 Å². The zero-order chi connectivity index (χ0) is 10.2. The van der Waals surface area contributed by atoms with Gasteiger partial charge in [0.05, 0.1) is 0 Å². The second-order valence-corrected chi connectivity index (χ2v) is 5.15. The van der Waals surface area contributed by atoms with Gasteiger partial charge in [-0.3, -0.25) is 0 Å². The maximum Gasteiger partial charge on any atom is 0.254 e. The second-order valence-electron chi connectivity index (χ2n) is 5.15. The van der Waals surface area contributed by atoms with Crippen molar-refractivity contribution in [1.29, 1.82) is 0 Å². The third kappa shape index (κ3) is 2.41. The summed E-state index contributed by atoms with van der Waals surface area (Å²) in [7, 11) is 0. The summed E-state index contributed by atoms with van der Waals surface area (Å²) >= 11 is 0. The Balaban J connectivity index is 2.41. The molecule has 0 aliphatic heterocycles. The molecule has 78 valence electrons. The first kappa shape index (κ1) is 10.9. The van der Waals surface area contributed by atoms with Gasteiger partial charge in [-0.2, -0.15) is 0 Å². The fraction of sp³-hybridized carbons (Fsp3) is 1.00. The van der Waals surface area contributed by atoms with Gasteiger partial charge < -0.3 is 0 Å². The maximum atomic E-state index is 13.2. The van der Waals surface area contributed by atoms with Crippen LogP contribution in [0.3, 0.4) is 0 Å². The summed E-state index contributed by atoms with van der Waals surface area (Å²) in [6.45, 7) is 8.06. The van der Waals surface area contributed by atoms with Gasteiger partial charge in [0.1, 0.15) is 0 Å². The number of hydrogen-bond acceptors (Lipinski definition) is 0. The Bertz CT molecular complexity index is 155. The van der Waals surface area contributed by atoms with Crippen LogP contribution in [0.15, 0.2) is 0 Å². The van der Waals surface area contributed by atoms with Crippen molar-refractivity contribution in [1.82, 2.24) is 0 Å². The van der Waals surface area contributed by atoms with Crippen LogP contribution < -0.4 is 0 Å². The molecular formula is C11H20F2. The highest BCUT2D eigenvalue weighted by atomic mass is 19.3. The van der Waals surface area contributed by atoms with E-state index in [4.69, 9.17) is 0 Å². The van der Waals surface area contributed by atoms with Crippen molar-refractivity contribution in [2.24, 2.45) is 23.7 Å². The number of hydrogen-bond donors (Lipinski definition) is 0. The summed E-state index contributed by atoms with van der Waals surface area (Å²) in [4.78, 5) is 0. The third-order valence-corrected chi connectivity index (χ3v) is 2.82. The lowest BCUT2D eigenvalue weighted by Crippen LogP contribution is -1.98. The molecule has 0 N–H and O–H groups in total. The molecule has 2 unspecified atom stereocenters. The van der Waals surface area contributed by atoms with Crippen molar-refractivity contribution >= 4 is 0 Å².